The third kappa shape index (κ3) is 5.05. The van der Waals surface area contributed by atoms with E-state index in [0.717, 1.165) is 13.1 Å². The number of amides is 1. The second-order valence-electron chi connectivity index (χ2n) is 7.65. The van der Waals surface area contributed by atoms with Crippen molar-refractivity contribution in [1.82, 2.24) is 10.2 Å². The summed E-state index contributed by atoms with van der Waals surface area (Å²) >= 11 is 0. The van der Waals surface area contributed by atoms with Gasteiger partial charge in [-0.3, -0.25) is 9.69 Å². The molecular formula is C24H32N2O4. The summed E-state index contributed by atoms with van der Waals surface area (Å²) in [6.45, 7) is 4.74. The van der Waals surface area contributed by atoms with Crippen LogP contribution in [0.3, 0.4) is 0 Å². The van der Waals surface area contributed by atoms with E-state index in [2.05, 4.69) is 41.4 Å². The van der Waals surface area contributed by atoms with Crippen LogP contribution in [0.2, 0.25) is 0 Å². The van der Waals surface area contributed by atoms with Gasteiger partial charge in [0.2, 0.25) is 5.75 Å². The fourth-order valence-electron chi connectivity index (χ4n) is 3.98. The van der Waals surface area contributed by atoms with Gasteiger partial charge < -0.3 is 19.5 Å². The Balaban J connectivity index is 1.79. The van der Waals surface area contributed by atoms with Crippen LogP contribution in [0.5, 0.6) is 17.2 Å². The molecule has 6 nitrogen and oxygen atoms in total. The van der Waals surface area contributed by atoms with Gasteiger partial charge in [0.25, 0.3) is 5.91 Å². The molecule has 6 heteroatoms. The van der Waals surface area contributed by atoms with Gasteiger partial charge in [-0.2, -0.15) is 0 Å². The number of hydrogen-bond donors (Lipinski definition) is 1. The predicted octanol–water partition coefficient (Wildman–Crippen LogP) is 3.98. The zero-order valence-electron chi connectivity index (χ0n) is 18.4. The molecule has 30 heavy (non-hydrogen) atoms. The van der Waals surface area contributed by atoms with Crippen LogP contribution in [0, 0.1) is 6.92 Å². The van der Waals surface area contributed by atoms with Crippen LogP contribution in [0.25, 0.3) is 0 Å². The fourth-order valence-corrected chi connectivity index (χ4v) is 3.98. The molecule has 1 saturated heterocycles. The number of nitrogens with zero attached hydrogens (tertiary/aromatic N) is 1. The Kier molecular flexibility index (Phi) is 7.57. The van der Waals surface area contributed by atoms with Gasteiger partial charge in [0.05, 0.1) is 27.4 Å². The van der Waals surface area contributed by atoms with E-state index in [0.29, 0.717) is 29.4 Å². The normalized spacial score (nSPS) is 15.3. The summed E-state index contributed by atoms with van der Waals surface area (Å²) in [5.41, 5.74) is 2.94. The smallest absolute Gasteiger partial charge is 0.251 e. The van der Waals surface area contributed by atoms with Crippen molar-refractivity contribution < 1.29 is 19.0 Å². The lowest BCUT2D eigenvalue weighted by molar-refractivity contribution is 0.0923. The molecule has 1 fully saturated rings. The molecule has 1 heterocycles. The molecule has 162 valence electrons. The number of rotatable bonds is 8. The van der Waals surface area contributed by atoms with Crippen LogP contribution in [0.15, 0.2) is 36.4 Å². The van der Waals surface area contributed by atoms with E-state index in [1.54, 1.807) is 33.5 Å². The Labute approximate surface area is 179 Å². The maximum absolute atomic E-state index is 13.0. The van der Waals surface area contributed by atoms with Gasteiger partial charge in [-0.25, -0.2) is 0 Å². The van der Waals surface area contributed by atoms with E-state index in [4.69, 9.17) is 14.2 Å². The Bertz CT molecular complexity index is 820. The number of piperidine rings is 1. The first-order valence-electron chi connectivity index (χ1n) is 10.5. The number of methoxy groups -OCH3 is 3. The van der Waals surface area contributed by atoms with Crippen LogP contribution in [-0.4, -0.2) is 51.8 Å². The summed E-state index contributed by atoms with van der Waals surface area (Å²) in [7, 11) is 4.64. The highest BCUT2D eigenvalue weighted by Crippen LogP contribution is 2.38. The number of carbonyl (C=O) groups excluding carboxylic acids is 1. The number of benzene rings is 2. The minimum Gasteiger partial charge on any atom is -0.493 e. The minimum absolute atomic E-state index is 0.150. The van der Waals surface area contributed by atoms with Crippen molar-refractivity contribution in [2.24, 2.45) is 0 Å². The summed E-state index contributed by atoms with van der Waals surface area (Å²) in [5, 5.41) is 3.12. The number of aryl methyl sites for hydroxylation is 1. The monoisotopic (exact) mass is 412 g/mol. The van der Waals surface area contributed by atoms with E-state index in [9.17, 15) is 4.79 Å². The third-order valence-corrected chi connectivity index (χ3v) is 5.68. The Hall–Kier alpha value is -2.73. The van der Waals surface area contributed by atoms with Crippen molar-refractivity contribution in [3.8, 4) is 17.2 Å². The second-order valence-corrected chi connectivity index (χ2v) is 7.65. The van der Waals surface area contributed by atoms with Gasteiger partial charge in [-0.15, -0.1) is 0 Å². The van der Waals surface area contributed by atoms with Crippen LogP contribution < -0.4 is 19.5 Å². The molecule has 1 aliphatic heterocycles. The molecule has 1 aliphatic rings. The van der Waals surface area contributed by atoms with E-state index in [-0.39, 0.29) is 11.9 Å². The highest BCUT2D eigenvalue weighted by atomic mass is 16.5. The van der Waals surface area contributed by atoms with Gasteiger partial charge >= 0.3 is 0 Å². The predicted molar refractivity (Wildman–Crippen MR) is 118 cm³/mol. The molecule has 0 aliphatic carbocycles. The second kappa shape index (κ2) is 10.3. The summed E-state index contributed by atoms with van der Waals surface area (Å²) in [6.07, 6.45) is 3.67. The van der Waals surface area contributed by atoms with Crippen molar-refractivity contribution in [2.75, 3.05) is 41.0 Å². The van der Waals surface area contributed by atoms with Crippen LogP contribution >= 0.6 is 0 Å². The number of hydrogen-bond acceptors (Lipinski definition) is 5. The summed E-state index contributed by atoms with van der Waals surface area (Å²) in [6, 6.07) is 12.1. The standard InChI is InChI=1S/C24H32N2O4/c1-17-8-10-18(11-9-17)20(26-12-6-5-7-13-26)16-25-24(27)19-14-21(28-2)23(30-4)22(15-19)29-3/h8-11,14-15,20H,5-7,12-13,16H2,1-4H3,(H,25,27). The lowest BCUT2D eigenvalue weighted by Crippen LogP contribution is -2.40. The average molecular weight is 413 g/mol. The first kappa shape index (κ1) is 22.0. The number of nitrogens with one attached hydrogen (secondary N) is 1. The molecule has 2 aromatic rings. The maximum Gasteiger partial charge on any atom is 0.251 e. The zero-order valence-corrected chi connectivity index (χ0v) is 18.4. The largest absolute Gasteiger partial charge is 0.493 e. The summed E-state index contributed by atoms with van der Waals surface area (Å²) in [4.78, 5) is 15.4. The maximum atomic E-state index is 13.0. The fraction of sp³-hybridized carbons (Fsp3) is 0.458. The zero-order chi connectivity index (χ0) is 21.5. The quantitative estimate of drug-likeness (QED) is 0.711. The average Bonchev–Trinajstić information content (AvgIpc) is 2.79. The molecule has 3 rings (SSSR count). The van der Waals surface area contributed by atoms with Crippen molar-refractivity contribution >= 4 is 5.91 Å². The topological polar surface area (TPSA) is 60.0 Å². The Morgan fingerprint density at radius 2 is 1.57 bits per heavy atom. The van der Waals surface area contributed by atoms with Crippen LogP contribution in [-0.2, 0) is 0 Å². The van der Waals surface area contributed by atoms with Gasteiger partial charge in [0, 0.05) is 12.1 Å². The van der Waals surface area contributed by atoms with Crippen LogP contribution in [0.1, 0.15) is 46.8 Å². The number of likely N-dealkylation sites (tertiary alicyclic amines) is 1. The van der Waals surface area contributed by atoms with Gasteiger partial charge in [-0.1, -0.05) is 36.2 Å². The molecule has 1 atom stereocenters. The molecule has 1 unspecified atom stereocenters. The summed E-state index contributed by atoms with van der Waals surface area (Å²) in [5.74, 6) is 1.24. The van der Waals surface area contributed by atoms with Crippen molar-refractivity contribution in [3.05, 3.63) is 53.1 Å². The lowest BCUT2D eigenvalue weighted by atomic mass is 10.0. The van der Waals surface area contributed by atoms with E-state index < -0.39 is 0 Å². The van der Waals surface area contributed by atoms with Crippen molar-refractivity contribution in [3.63, 3.8) is 0 Å². The first-order valence-corrected chi connectivity index (χ1v) is 10.5. The van der Waals surface area contributed by atoms with Crippen molar-refractivity contribution in [2.45, 2.75) is 32.2 Å². The third-order valence-electron chi connectivity index (χ3n) is 5.68. The first-order chi connectivity index (χ1) is 14.6. The lowest BCUT2D eigenvalue weighted by Gasteiger charge is -2.35. The van der Waals surface area contributed by atoms with Gasteiger partial charge in [-0.05, 0) is 50.6 Å². The highest BCUT2D eigenvalue weighted by Gasteiger charge is 2.24. The molecule has 0 spiro atoms. The molecule has 0 radical (unpaired) electrons. The van der Waals surface area contributed by atoms with Gasteiger partial charge in [0.1, 0.15) is 0 Å². The number of ether oxygens (including phenoxy) is 3. The minimum atomic E-state index is -0.164. The summed E-state index contributed by atoms with van der Waals surface area (Å²) < 4.78 is 16.1. The highest BCUT2D eigenvalue weighted by molar-refractivity contribution is 5.95. The number of carbonyl (C=O) groups is 1. The van der Waals surface area contributed by atoms with Gasteiger partial charge in [0.15, 0.2) is 11.5 Å². The van der Waals surface area contributed by atoms with E-state index in [1.165, 1.54) is 30.4 Å². The van der Waals surface area contributed by atoms with Crippen molar-refractivity contribution in [1.29, 1.82) is 0 Å². The molecule has 0 aromatic heterocycles. The molecule has 1 N–H and O–H groups in total. The molecule has 2 aromatic carbocycles. The Morgan fingerprint density at radius 3 is 2.10 bits per heavy atom. The van der Waals surface area contributed by atoms with Crippen LogP contribution in [0.4, 0.5) is 0 Å². The molecular weight excluding hydrogens is 380 g/mol. The SMILES string of the molecule is COc1cc(C(=O)NCC(c2ccc(C)cc2)N2CCCCC2)cc(OC)c1OC. The molecule has 0 saturated carbocycles. The molecule has 0 bridgehead atoms. The van der Waals surface area contributed by atoms with E-state index in [1.807, 2.05) is 0 Å². The molecule has 1 amide bonds. The van der Waals surface area contributed by atoms with E-state index >= 15 is 0 Å². The Morgan fingerprint density at radius 1 is 0.967 bits per heavy atom.